The van der Waals surface area contributed by atoms with Crippen LogP contribution in [-0.2, 0) is 13.6 Å². The molecule has 0 fully saturated rings. The minimum Gasteiger partial charge on any atom is -0.305 e. The number of hydrogen-bond donors (Lipinski definition) is 0. The molecule has 1 aliphatic rings. The van der Waals surface area contributed by atoms with E-state index in [0.29, 0.717) is 18.7 Å². The first-order chi connectivity index (χ1) is 8.27. The fourth-order valence-electron chi connectivity index (χ4n) is 2.04. The quantitative estimate of drug-likeness (QED) is 0.698. The summed E-state index contributed by atoms with van der Waals surface area (Å²) in [4.78, 5) is 4.53. The van der Waals surface area contributed by atoms with E-state index in [0.717, 1.165) is 17.7 Å². The largest absolute Gasteiger partial charge is 0.375 e. The van der Waals surface area contributed by atoms with Gasteiger partial charge in [-0.15, -0.1) is 0 Å². The average molecular weight is 273 g/mol. The normalized spacial score (nSPS) is 19.0. The van der Waals surface area contributed by atoms with Crippen molar-refractivity contribution in [1.82, 2.24) is 0 Å². The summed E-state index contributed by atoms with van der Waals surface area (Å²) < 4.78 is 23.6. The van der Waals surface area contributed by atoms with Gasteiger partial charge in [0.05, 0.1) is 13.2 Å². The molecule has 0 saturated carbocycles. The third-order valence-corrected chi connectivity index (χ3v) is 5.31. The maximum absolute atomic E-state index is 12.8. The topological polar surface area (TPSA) is 47.9 Å². The van der Waals surface area contributed by atoms with E-state index >= 15 is 0 Å². The lowest BCUT2D eigenvalue weighted by Crippen LogP contribution is -2.22. The van der Waals surface area contributed by atoms with Gasteiger partial charge in [-0.2, -0.15) is 0 Å². The summed E-state index contributed by atoms with van der Waals surface area (Å²) in [5.74, 6) is 0. The van der Waals surface area contributed by atoms with Crippen molar-refractivity contribution >= 4 is 13.0 Å². The first kappa shape index (κ1) is 15.6. The molecule has 0 unspecified atom stereocenters. The number of allylic oxidation sites excluding steroid dienone is 2. The van der Waals surface area contributed by atoms with E-state index in [1.165, 1.54) is 0 Å². The molecule has 0 saturated heterocycles. The van der Waals surface area contributed by atoms with E-state index in [4.69, 9.17) is 9.05 Å². The Balaban J connectivity index is 3.22. The second-order valence-electron chi connectivity index (χ2n) is 5.28. The van der Waals surface area contributed by atoms with Gasteiger partial charge in [0.25, 0.3) is 0 Å². The van der Waals surface area contributed by atoms with E-state index in [9.17, 15) is 4.57 Å². The van der Waals surface area contributed by atoms with Gasteiger partial charge >= 0.3 is 7.60 Å². The van der Waals surface area contributed by atoms with E-state index in [1.807, 2.05) is 41.5 Å². The summed E-state index contributed by atoms with van der Waals surface area (Å²) in [5, 5.41) is 0. The van der Waals surface area contributed by atoms with E-state index in [-0.39, 0.29) is 5.41 Å². The molecule has 0 aromatic rings. The maximum atomic E-state index is 12.8. The van der Waals surface area contributed by atoms with Crippen molar-refractivity contribution in [1.29, 1.82) is 0 Å². The molecule has 0 bridgehead atoms. The van der Waals surface area contributed by atoms with Gasteiger partial charge in [-0.05, 0) is 27.7 Å². The Hall–Kier alpha value is -0.440. The van der Waals surface area contributed by atoms with Crippen LogP contribution in [0.15, 0.2) is 16.3 Å². The highest BCUT2D eigenvalue weighted by Gasteiger charge is 2.45. The summed E-state index contributed by atoms with van der Waals surface area (Å²) in [6.07, 6.45) is 0.787. The number of nitrogens with zero attached hydrogens (tertiary/aromatic N) is 1. The molecule has 0 atom stereocenters. The van der Waals surface area contributed by atoms with Crippen LogP contribution in [0.5, 0.6) is 0 Å². The van der Waals surface area contributed by atoms with Crippen LogP contribution < -0.4 is 0 Å². The fraction of sp³-hybridized carbons (Fsp3) is 0.769. The molecule has 1 aliphatic heterocycles. The van der Waals surface area contributed by atoms with Gasteiger partial charge in [-0.25, -0.2) is 4.99 Å². The van der Waals surface area contributed by atoms with E-state index in [1.54, 1.807) is 0 Å². The smallest absolute Gasteiger partial charge is 0.305 e. The third-order valence-electron chi connectivity index (χ3n) is 2.89. The van der Waals surface area contributed by atoms with Crippen LogP contribution in [0.2, 0.25) is 0 Å². The molecule has 104 valence electrons. The van der Waals surface area contributed by atoms with Crippen molar-refractivity contribution in [2.75, 3.05) is 13.2 Å². The van der Waals surface area contributed by atoms with Gasteiger partial charge in [0.1, 0.15) is 5.45 Å². The van der Waals surface area contributed by atoms with Crippen LogP contribution in [0.3, 0.4) is 0 Å². The first-order valence-corrected chi connectivity index (χ1v) is 7.96. The van der Waals surface area contributed by atoms with Crippen molar-refractivity contribution in [2.24, 2.45) is 10.4 Å². The molecule has 1 heterocycles. The van der Waals surface area contributed by atoms with E-state index < -0.39 is 7.60 Å². The molecule has 18 heavy (non-hydrogen) atoms. The molecular weight excluding hydrogens is 249 g/mol. The minimum atomic E-state index is -3.25. The highest BCUT2D eigenvalue weighted by Crippen LogP contribution is 2.58. The number of hydrogen-bond acceptors (Lipinski definition) is 4. The highest BCUT2D eigenvalue weighted by molar-refractivity contribution is 7.72. The van der Waals surface area contributed by atoms with Crippen LogP contribution >= 0.6 is 7.60 Å². The molecule has 0 amide bonds. The van der Waals surface area contributed by atoms with Crippen molar-refractivity contribution in [3.05, 3.63) is 11.3 Å². The summed E-state index contributed by atoms with van der Waals surface area (Å²) in [7, 11) is -3.25. The second kappa shape index (κ2) is 5.68. The van der Waals surface area contributed by atoms with Crippen LogP contribution in [0, 0.1) is 5.41 Å². The molecule has 5 heteroatoms. The number of aliphatic imine (C=N–C) groups is 1. The summed E-state index contributed by atoms with van der Waals surface area (Å²) in [5.41, 5.74) is 2.44. The van der Waals surface area contributed by atoms with Crippen LogP contribution in [-0.4, -0.2) is 18.7 Å². The van der Waals surface area contributed by atoms with Gasteiger partial charge in [-0.1, -0.05) is 19.4 Å². The maximum Gasteiger partial charge on any atom is 0.375 e. The molecule has 0 radical (unpaired) electrons. The van der Waals surface area contributed by atoms with Gasteiger partial charge in [0.15, 0.2) is 0 Å². The molecule has 0 aromatic heterocycles. The molecular formula is C13H24NO3P. The van der Waals surface area contributed by atoms with E-state index in [2.05, 4.69) is 4.99 Å². The Morgan fingerprint density at radius 2 is 1.78 bits per heavy atom. The Morgan fingerprint density at radius 3 is 2.11 bits per heavy atom. The Morgan fingerprint density at radius 1 is 1.28 bits per heavy atom. The minimum absolute atomic E-state index is 0.271. The highest BCUT2D eigenvalue weighted by atomic mass is 31.2. The van der Waals surface area contributed by atoms with Crippen LogP contribution in [0.1, 0.15) is 48.0 Å². The molecule has 0 aliphatic carbocycles. The SMILES string of the molecule is CCOP(=O)(OCC)C1=NC(=C(C)C)CC1(C)C. The number of rotatable bonds is 5. The van der Waals surface area contributed by atoms with Gasteiger partial charge in [0.2, 0.25) is 0 Å². The molecule has 4 nitrogen and oxygen atoms in total. The third kappa shape index (κ3) is 3.11. The zero-order chi connectivity index (χ0) is 14.0. The molecule has 1 rings (SSSR count). The van der Waals surface area contributed by atoms with Gasteiger partial charge in [0, 0.05) is 17.5 Å². The second-order valence-corrected chi connectivity index (χ2v) is 7.21. The predicted octanol–water partition coefficient (Wildman–Crippen LogP) is 4.37. The van der Waals surface area contributed by atoms with Gasteiger partial charge in [-0.3, -0.25) is 4.57 Å². The predicted molar refractivity (Wildman–Crippen MR) is 75.1 cm³/mol. The zero-order valence-corrected chi connectivity index (χ0v) is 13.1. The lowest BCUT2D eigenvalue weighted by molar-refractivity contribution is 0.230. The lowest BCUT2D eigenvalue weighted by Gasteiger charge is -2.25. The van der Waals surface area contributed by atoms with Gasteiger partial charge < -0.3 is 9.05 Å². The van der Waals surface area contributed by atoms with Crippen molar-refractivity contribution in [3.63, 3.8) is 0 Å². The van der Waals surface area contributed by atoms with Crippen molar-refractivity contribution < 1.29 is 13.6 Å². The van der Waals surface area contributed by atoms with Crippen LogP contribution in [0.25, 0.3) is 0 Å². The van der Waals surface area contributed by atoms with Crippen molar-refractivity contribution in [2.45, 2.75) is 48.0 Å². The summed E-state index contributed by atoms with van der Waals surface area (Å²) in [6.45, 7) is 12.5. The molecule has 0 aromatic carbocycles. The monoisotopic (exact) mass is 273 g/mol. The first-order valence-electron chi connectivity index (χ1n) is 6.42. The Labute approximate surface area is 110 Å². The van der Waals surface area contributed by atoms with Crippen molar-refractivity contribution in [3.8, 4) is 0 Å². The molecule has 0 spiro atoms. The standard InChI is InChI=1S/C13H24NO3P/c1-7-16-18(15,17-8-2)12-13(5,6)9-11(14-12)10(3)4/h7-9H2,1-6H3. The summed E-state index contributed by atoms with van der Waals surface area (Å²) in [6, 6.07) is 0. The lowest BCUT2D eigenvalue weighted by atomic mass is 9.91. The Kier molecular flexibility index (Phi) is 4.93. The summed E-state index contributed by atoms with van der Waals surface area (Å²) >= 11 is 0. The average Bonchev–Trinajstić information content (AvgIpc) is 2.55. The fourth-order valence-corrected chi connectivity index (χ4v) is 4.10. The zero-order valence-electron chi connectivity index (χ0n) is 12.2. The molecule has 0 N–H and O–H groups in total. The Bertz CT molecular complexity index is 410. The van der Waals surface area contributed by atoms with Crippen LogP contribution in [0.4, 0.5) is 0 Å².